The summed E-state index contributed by atoms with van der Waals surface area (Å²) in [7, 11) is -1.04. The van der Waals surface area contributed by atoms with Crippen molar-refractivity contribution in [3.05, 3.63) is 83.0 Å². The van der Waals surface area contributed by atoms with Gasteiger partial charge in [0.05, 0.1) is 35.8 Å². The number of halogens is 1. The van der Waals surface area contributed by atoms with Crippen molar-refractivity contribution in [1.29, 1.82) is 0 Å². The minimum atomic E-state index is -2.60. The van der Waals surface area contributed by atoms with E-state index in [2.05, 4.69) is 25.5 Å². The molecule has 7 rings (SSSR count). The molecule has 3 aliphatic heterocycles. The van der Waals surface area contributed by atoms with Crippen LogP contribution in [0.25, 0.3) is 0 Å². The molecule has 4 aromatic rings. The van der Waals surface area contributed by atoms with Crippen LogP contribution in [0, 0.1) is 0 Å². The lowest BCUT2D eigenvalue weighted by molar-refractivity contribution is -0.155. The van der Waals surface area contributed by atoms with E-state index in [-0.39, 0.29) is 47.3 Å². The molecule has 0 saturated carbocycles. The van der Waals surface area contributed by atoms with Crippen LogP contribution in [0.1, 0.15) is 52.8 Å². The molecular formula is C40H42ClN8O7PS. The maximum absolute atomic E-state index is 14.0. The summed E-state index contributed by atoms with van der Waals surface area (Å²) in [4.78, 5) is 79.8. The SMILES string of the molecule is COc1cc(N2CCC(N3C(=O)CCC(N4C(=O)c5cccc(SCCC(N)=O)c5C4=O)C3=O)CC2)ccc1Nc1ncc(Cl)c(Nc2ccccc2P(C)(C)=O)n1. The van der Waals surface area contributed by atoms with Crippen LogP contribution in [-0.4, -0.2) is 101 Å². The Morgan fingerprint density at radius 3 is 2.45 bits per heavy atom. The number of imide groups is 2. The van der Waals surface area contributed by atoms with E-state index in [9.17, 15) is 28.5 Å². The first-order chi connectivity index (χ1) is 27.7. The third-order valence-electron chi connectivity index (χ3n) is 10.4. The zero-order chi connectivity index (χ0) is 41.3. The van der Waals surface area contributed by atoms with Gasteiger partial charge in [0, 0.05) is 59.7 Å². The number of para-hydroxylation sites is 1. The molecule has 302 valence electrons. The highest BCUT2D eigenvalue weighted by Gasteiger charge is 2.49. The van der Waals surface area contributed by atoms with Crippen LogP contribution in [0.5, 0.6) is 5.75 Å². The Balaban J connectivity index is 1.01. The predicted molar refractivity (Wildman–Crippen MR) is 224 cm³/mol. The van der Waals surface area contributed by atoms with Gasteiger partial charge in [-0.3, -0.25) is 33.8 Å². The van der Waals surface area contributed by atoms with Gasteiger partial charge in [-0.15, -0.1) is 11.8 Å². The normalized spacial score (nSPS) is 17.4. The van der Waals surface area contributed by atoms with Crippen molar-refractivity contribution in [3.63, 3.8) is 0 Å². The van der Waals surface area contributed by atoms with Gasteiger partial charge in [-0.05, 0) is 69.0 Å². The largest absolute Gasteiger partial charge is 0.494 e. The van der Waals surface area contributed by atoms with E-state index >= 15 is 0 Å². The average molecular weight is 845 g/mol. The van der Waals surface area contributed by atoms with Crippen LogP contribution in [0.3, 0.4) is 0 Å². The monoisotopic (exact) mass is 844 g/mol. The molecule has 2 saturated heterocycles. The molecule has 4 heterocycles. The van der Waals surface area contributed by atoms with Crippen molar-refractivity contribution in [2.45, 2.75) is 49.1 Å². The van der Waals surface area contributed by atoms with Gasteiger partial charge in [-0.2, -0.15) is 4.98 Å². The number of nitrogens with one attached hydrogen (secondary N) is 2. The number of piperidine rings is 2. The Morgan fingerprint density at radius 2 is 1.72 bits per heavy atom. The predicted octanol–water partition coefficient (Wildman–Crippen LogP) is 5.62. The number of thioether (sulfide) groups is 1. The van der Waals surface area contributed by atoms with E-state index < -0.39 is 42.9 Å². The molecule has 1 aromatic heterocycles. The van der Waals surface area contributed by atoms with E-state index in [1.165, 1.54) is 22.9 Å². The van der Waals surface area contributed by atoms with Crippen molar-refractivity contribution in [3.8, 4) is 5.75 Å². The molecule has 15 nitrogen and oxygen atoms in total. The summed E-state index contributed by atoms with van der Waals surface area (Å²) in [6, 6.07) is 16.3. The molecular weight excluding hydrogens is 803 g/mol. The van der Waals surface area contributed by atoms with Gasteiger partial charge in [-0.25, -0.2) is 4.98 Å². The highest BCUT2D eigenvalue weighted by atomic mass is 35.5. The van der Waals surface area contributed by atoms with Crippen molar-refractivity contribution in [1.82, 2.24) is 19.8 Å². The first kappa shape index (κ1) is 40.7. The molecule has 3 aliphatic rings. The minimum Gasteiger partial charge on any atom is -0.494 e. The van der Waals surface area contributed by atoms with Crippen molar-refractivity contribution in [2.75, 3.05) is 54.8 Å². The van der Waals surface area contributed by atoms with Gasteiger partial charge < -0.3 is 30.6 Å². The quantitative estimate of drug-likeness (QED) is 0.0853. The lowest BCUT2D eigenvalue weighted by Crippen LogP contribution is -2.60. The maximum Gasteiger partial charge on any atom is 0.263 e. The van der Waals surface area contributed by atoms with Crippen molar-refractivity contribution >= 4 is 94.2 Å². The van der Waals surface area contributed by atoms with Gasteiger partial charge >= 0.3 is 0 Å². The van der Waals surface area contributed by atoms with Crippen LogP contribution in [-0.2, 0) is 18.9 Å². The van der Waals surface area contributed by atoms with Crippen LogP contribution in [0.2, 0.25) is 5.02 Å². The summed E-state index contributed by atoms with van der Waals surface area (Å²) in [5.41, 5.74) is 7.77. The molecule has 1 atom stereocenters. The van der Waals surface area contributed by atoms with Gasteiger partial charge in [0.25, 0.3) is 17.7 Å². The molecule has 0 spiro atoms. The number of rotatable bonds is 13. The third kappa shape index (κ3) is 8.27. The lowest BCUT2D eigenvalue weighted by Gasteiger charge is -2.42. The summed E-state index contributed by atoms with van der Waals surface area (Å²) >= 11 is 7.70. The molecule has 18 heteroatoms. The Bertz CT molecular complexity index is 2370. The van der Waals surface area contributed by atoms with Crippen molar-refractivity contribution in [2.24, 2.45) is 5.73 Å². The third-order valence-corrected chi connectivity index (χ3v) is 13.2. The van der Waals surface area contributed by atoms with Gasteiger partial charge in [0.15, 0.2) is 5.82 Å². The first-order valence-electron chi connectivity index (χ1n) is 18.7. The number of nitrogens with two attached hydrogens (primary N) is 1. The number of hydrogen-bond acceptors (Lipinski definition) is 13. The number of amides is 5. The number of nitrogens with zero attached hydrogens (tertiary/aromatic N) is 5. The van der Waals surface area contributed by atoms with Crippen LogP contribution >= 0.6 is 30.5 Å². The zero-order valence-corrected chi connectivity index (χ0v) is 34.5. The summed E-state index contributed by atoms with van der Waals surface area (Å²) in [6.45, 7) is 4.45. The molecule has 3 aromatic carbocycles. The van der Waals surface area contributed by atoms with Crippen LogP contribution < -0.4 is 31.3 Å². The number of hydrogen-bond donors (Lipinski definition) is 3. The molecule has 1 unspecified atom stereocenters. The van der Waals surface area contributed by atoms with Gasteiger partial charge in [-0.1, -0.05) is 29.8 Å². The standard InChI is InChI=1S/C40H42ClN8O7PS/c1-56-30-21-24(11-12-27(30)45-40-43-22-26(41)36(46-40)44-28-8-4-5-9-31(28)57(2,3)55)47-18-15-23(16-19-47)48-34(51)14-13-29(38(48)53)49-37(52)25-7-6-10-32(35(25)39(49)54)58-20-17-33(42)50/h4-12,21-23,29H,13-20H2,1-3H3,(H2,42,50)(H2,43,44,45,46). The molecule has 4 N–H and O–H groups in total. The Labute approximate surface area is 344 Å². The van der Waals surface area contributed by atoms with Crippen LogP contribution in [0.4, 0.5) is 28.8 Å². The highest BCUT2D eigenvalue weighted by molar-refractivity contribution is 7.99. The first-order valence-corrected chi connectivity index (χ1v) is 22.6. The number of fused-ring (bicyclic) bond motifs is 1. The van der Waals surface area contributed by atoms with E-state index in [4.69, 9.17) is 22.1 Å². The number of primary amides is 1. The number of benzene rings is 3. The number of aromatic nitrogens is 2. The molecule has 5 amide bonds. The van der Waals surface area contributed by atoms with Gasteiger partial charge in [0.1, 0.15) is 24.0 Å². The number of carbonyl (C=O) groups excluding carboxylic acids is 5. The highest BCUT2D eigenvalue weighted by Crippen LogP contribution is 2.40. The topological polar surface area (TPSA) is 197 Å². The van der Waals surface area contributed by atoms with E-state index in [1.54, 1.807) is 38.6 Å². The maximum atomic E-state index is 14.0. The molecule has 0 aliphatic carbocycles. The summed E-state index contributed by atoms with van der Waals surface area (Å²) in [5, 5.41) is 7.35. The van der Waals surface area contributed by atoms with E-state index in [0.717, 1.165) is 10.6 Å². The van der Waals surface area contributed by atoms with E-state index in [0.29, 0.717) is 64.8 Å². The number of carbonyl (C=O) groups is 5. The second-order valence-electron chi connectivity index (χ2n) is 14.5. The summed E-state index contributed by atoms with van der Waals surface area (Å²) < 4.78 is 18.6. The second-order valence-corrected chi connectivity index (χ2v) is 19.2. The fourth-order valence-corrected chi connectivity index (χ4v) is 9.86. The summed E-state index contributed by atoms with van der Waals surface area (Å²) in [5.74, 6) is -1.05. The fourth-order valence-electron chi connectivity index (χ4n) is 7.52. The minimum absolute atomic E-state index is 0.0254. The lowest BCUT2D eigenvalue weighted by atomic mass is 9.95. The second kappa shape index (κ2) is 16.8. The Kier molecular flexibility index (Phi) is 11.8. The van der Waals surface area contributed by atoms with Gasteiger partial charge in [0.2, 0.25) is 17.8 Å². The van der Waals surface area contributed by atoms with E-state index in [1.807, 2.05) is 42.5 Å². The number of ether oxygens (including phenoxy) is 1. The Hall–Kier alpha value is -5.44. The average Bonchev–Trinajstić information content (AvgIpc) is 3.45. The molecule has 0 radical (unpaired) electrons. The zero-order valence-electron chi connectivity index (χ0n) is 32.1. The van der Waals surface area contributed by atoms with Crippen LogP contribution in [0.15, 0.2) is 71.8 Å². The number of likely N-dealkylation sites (tertiary alicyclic amines) is 1. The number of anilines is 5. The number of methoxy groups -OCH3 is 1. The fraction of sp³-hybridized carbons (Fsp3) is 0.325. The molecule has 58 heavy (non-hydrogen) atoms. The van der Waals surface area contributed by atoms with Crippen molar-refractivity contribution < 1.29 is 33.3 Å². The smallest absolute Gasteiger partial charge is 0.263 e. The Morgan fingerprint density at radius 1 is 0.966 bits per heavy atom. The molecule has 0 bridgehead atoms. The summed E-state index contributed by atoms with van der Waals surface area (Å²) in [6.07, 6.45) is 2.62. The molecule has 2 fully saturated rings.